The summed E-state index contributed by atoms with van der Waals surface area (Å²) < 4.78 is 1.73. The number of carbonyl (C=O) groups is 1. The van der Waals surface area contributed by atoms with Gasteiger partial charge in [0.25, 0.3) is 5.91 Å². The SMILES string of the molecule is O=C(N[C@H]1CCC[C@H]1Cn1cc(CO)nn1)c1cc(Cl)c[nH]1. The minimum atomic E-state index is -0.140. The average Bonchev–Trinajstić information content (AvgIpc) is 3.22. The number of carbonyl (C=O) groups excluding carboxylic acids is 1. The van der Waals surface area contributed by atoms with Crippen LogP contribution < -0.4 is 5.32 Å². The first-order chi connectivity index (χ1) is 10.7. The highest BCUT2D eigenvalue weighted by atomic mass is 35.5. The summed E-state index contributed by atoms with van der Waals surface area (Å²) in [6.45, 7) is 0.571. The van der Waals surface area contributed by atoms with Crippen LogP contribution in [0.1, 0.15) is 35.4 Å². The third-order valence-electron chi connectivity index (χ3n) is 4.04. The van der Waals surface area contributed by atoms with Gasteiger partial charge in [-0.1, -0.05) is 23.2 Å². The van der Waals surface area contributed by atoms with E-state index in [2.05, 4.69) is 20.6 Å². The number of hydrogen-bond acceptors (Lipinski definition) is 4. The molecular formula is C14H18ClN5O2. The van der Waals surface area contributed by atoms with E-state index < -0.39 is 0 Å². The number of aliphatic hydroxyl groups excluding tert-OH is 1. The van der Waals surface area contributed by atoms with Gasteiger partial charge in [0, 0.05) is 18.8 Å². The molecule has 1 aliphatic rings. The normalized spacial score (nSPS) is 21.2. The minimum Gasteiger partial charge on any atom is -0.390 e. The number of H-pyrrole nitrogens is 1. The first kappa shape index (κ1) is 15.1. The highest BCUT2D eigenvalue weighted by molar-refractivity contribution is 6.30. The second-order valence-electron chi connectivity index (χ2n) is 5.59. The van der Waals surface area contributed by atoms with Gasteiger partial charge in [-0.3, -0.25) is 9.48 Å². The molecule has 3 N–H and O–H groups in total. The van der Waals surface area contributed by atoms with E-state index in [-0.39, 0.29) is 18.6 Å². The minimum absolute atomic E-state index is 0.108. The third-order valence-corrected chi connectivity index (χ3v) is 4.26. The molecule has 0 aromatic carbocycles. The summed E-state index contributed by atoms with van der Waals surface area (Å²) in [5.41, 5.74) is 1.03. The maximum Gasteiger partial charge on any atom is 0.267 e. The number of amides is 1. The number of nitrogens with one attached hydrogen (secondary N) is 2. The number of aromatic nitrogens is 4. The van der Waals surface area contributed by atoms with Gasteiger partial charge in [-0.25, -0.2) is 0 Å². The molecule has 0 spiro atoms. The van der Waals surface area contributed by atoms with Crippen molar-refractivity contribution < 1.29 is 9.90 Å². The maximum absolute atomic E-state index is 12.2. The Kier molecular flexibility index (Phi) is 4.44. The Labute approximate surface area is 132 Å². The predicted octanol–water partition coefficient (Wildman–Crippen LogP) is 1.35. The standard InChI is InChI=1S/C14H18ClN5O2/c15-10-4-13(16-5-10)14(22)17-12-3-1-2-9(12)6-20-7-11(8-21)18-19-20/h4-5,7,9,12,16,21H,1-3,6,8H2,(H,17,22)/t9-,12-/m0/s1. The van der Waals surface area contributed by atoms with Crippen LogP contribution in [0.5, 0.6) is 0 Å². The fourth-order valence-corrected chi connectivity index (χ4v) is 3.09. The fourth-order valence-electron chi connectivity index (χ4n) is 2.93. The molecule has 0 saturated heterocycles. The van der Waals surface area contributed by atoms with Crippen LogP contribution in [0.3, 0.4) is 0 Å². The molecule has 1 aliphatic carbocycles. The van der Waals surface area contributed by atoms with E-state index in [9.17, 15) is 4.79 Å². The molecule has 0 unspecified atom stereocenters. The average molecular weight is 324 g/mol. The Morgan fingerprint density at radius 3 is 3.09 bits per heavy atom. The van der Waals surface area contributed by atoms with Crippen molar-refractivity contribution in [3.8, 4) is 0 Å². The first-order valence-corrected chi connectivity index (χ1v) is 7.68. The van der Waals surface area contributed by atoms with Gasteiger partial charge in [0.05, 0.1) is 17.8 Å². The van der Waals surface area contributed by atoms with Crippen molar-refractivity contribution in [2.24, 2.45) is 5.92 Å². The van der Waals surface area contributed by atoms with Crippen LogP contribution in [0.15, 0.2) is 18.5 Å². The van der Waals surface area contributed by atoms with Gasteiger partial charge in [-0.15, -0.1) is 5.10 Å². The largest absolute Gasteiger partial charge is 0.390 e. The van der Waals surface area contributed by atoms with Gasteiger partial charge in [-0.05, 0) is 24.8 Å². The lowest BCUT2D eigenvalue weighted by Gasteiger charge is -2.20. The molecule has 1 saturated carbocycles. The summed E-state index contributed by atoms with van der Waals surface area (Å²) in [7, 11) is 0. The van der Waals surface area contributed by atoms with Gasteiger partial charge >= 0.3 is 0 Å². The van der Waals surface area contributed by atoms with Crippen molar-refractivity contribution in [1.82, 2.24) is 25.3 Å². The number of hydrogen-bond donors (Lipinski definition) is 3. The molecule has 2 aromatic rings. The summed E-state index contributed by atoms with van der Waals surface area (Å²) in [6, 6.07) is 1.72. The van der Waals surface area contributed by atoms with E-state index in [1.165, 1.54) is 0 Å². The van der Waals surface area contributed by atoms with Gasteiger partial charge in [0.15, 0.2) is 0 Å². The van der Waals surface area contributed by atoms with Crippen LogP contribution in [0.2, 0.25) is 5.02 Å². The highest BCUT2D eigenvalue weighted by Gasteiger charge is 2.29. The van der Waals surface area contributed by atoms with Crippen LogP contribution in [-0.4, -0.2) is 37.0 Å². The van der Waals surface area contributed by atoms with Gasteiger partial charge in [-0.2, -0.15) is 0 Å². The van der Waals surface area contributed by atoms with Crippen molar-refractivity contribution >= 4 is 17.5 Å². The van der Waals surface area contributed by atoms with Crippen molar-refractivity contribution in [1.29, 1.82) is 0 Å². The highest BCUT2D eigenvalue weighted by Crippen LogP contribution is 2.27. The summed E-state index contributed by atoms with van der Waals surface area (Å²) in [5.74, 6) is 0.168. The zero-order valence-corrected chi connectivity index (χ0v) is 12.8. The van der Waals surface area contributed by atoms with E-state index in [1.54, 1.807) is 23.1 Å². The molecule has 2 atom stereocenters. The van der Waals surface area contributed by atoms with Crippen molar-refractivity contribution in [3.63, 3.8) is 0 Å². The lowest BCUT2D eigenvalue weighted by molar-refractivity contribution is 0.0920. The number of halogens is 1. The van der Waals surface area contributed by atoms with E-state index in [0.29, 0.717) is 28.9 Å². The van der Waals surface area contributed by atoms with Crippen LogP contribution in [-0.2, 0) is 13.2 Å². The molecule has 2 heterocycles. The Bertz CT molecular complexity index is 653. The Morgan fingerprint density at radius 2 is 2.41 bits per heavy atom. The Balaban J connectivity index is 1.61. The van der Waals surface area contributed by atoms with Crippen LogP contribution >= 0.6 is 11.6 Å². The quantitative estimate of drug-likeness (QED) is 0.774. The van der Waals surface area contributed by atoms with Crippen molar-refractivity contribution in [3.05, 3.63) is 34.9 Å². The summed E-state index contributed by atoms with van der Waals surface area (Å²) >= 11 is 5.82. The Morgan fingerprint density at radius 1 is 1.55 bits per heavy atom. The third kappa shape index (κ3) is 3.31. The van der Waals surface area contributed by atoms with E-state index in [1.807, 2.05) is 0 Å². The first-order valence-electron chi connectivity index (χ1n) is 7.30. The number of nitrogens with zero attached hydrogens (tertiary/aromatic N) is 3. The zero-order valence-electron chi connectivity index (χ0n) is 12.0. The van der Waals surface area contributed by atoms with Crippen LogP contribution in [0, 0.1) is 5.92 Å². The van der Waals surface area contributed by atoms with Crippen molar-refractivity contribution in [2.75, 3.05) is 0 Å². The molecule has 0 bridgehead atoms. The van der Waals surface area contributed by atoms with E-state index in [0.717, 1.165) is 19.3 Å². The molecule has 2 aromatic heterocycles. The fraction of sp³-hybridized carbons (Fsp3) is 0.500. The monoisotopic (exact) mass is 323 g/mol. The summed E-state index contributed by atoms with van der Waals surface area (Å²) in [5, 5.41) is 20.5. The molecule has 0 radical (unpaired) electrons. The lowest BCUT2D eigenvalue weighted by atomic mass is 10.0. The molecule has 0 aliphatic heterocycles. The molecular weight excluding hydrogens is 306 g/mol. The predicted molar refractivity (Wildman–Crippen MR) is 80.3 cm³/mol. The summed E-state index contributed by atoms with van der Waals surface area (Å²) in [6.07, 6.45) is 6.39. The van der Waals surface area contributed by atoms with E-state index >= 15 is 0 Å². The van der Waals surface area contributed by atoms with Gasteiger partial charge < -0.3 is 15.4 Å². The Hall–Kier alpha value is -1.86. The lowest BCUT2D eigenvalue weighted by Crippen LogP contribution is -2.39. The smallest absolute Gasteiger partial charge is 0.267 e. The molecule has 22 heavy (non-hydrogen) atoms. The second kappa shape index (κ2) is 6.50. The molecule has 8 heteroatoms. The number of rotatable bonds is 5. The molecule has 1 amide bonds. The van der Waals surface area contributed by atoms with Gasteiger partial charge in [0.1, 0.15) is 11.4 Å². The maximum atomic E-state index is 12.2. The molecule has 7 nitrogen and oxygen atoms in total. The van der Waals surface area contributed by atoms with Crippen LogP contribution in [0.4, 0.5) is 0 Å². The topological polar surface area (TPSA) is 95.8 Å². The molecule has 118 valence electrons. The van der Waals surface area contributed by atoms with Crippen molar-refractivity contribution in [2.45, 2.75) is 38.5 Å². The van der Waals surface area contributed by atoms with Crippen LogP contribution in [0.25, 0.3) is 0 Å². The summed E-state index contributed by atoms with van der Waals surface area (Å²) in [4.78, 5) is 15.0. The number of aliphatic hydroxyl groups is 1. The number of aromatic amines is 1. The van der Waals surface area contributed by atoms with Gasteiger partial charge in [0.2, 0.25) is 0 Å². The molecule has 1 fully saturated rings. The zero-order chi connectivity index (χ0) is 15.5. The second-order valence-corrected chi connectivity index (χ2v) is 6.03. The molecule has 3 rings (SSSR count). The van der Waals surface area contributed by atoms with E-state index in [4.69, 9.17) is 16.7 Å².